The van der Waals surface area contributed by atoms with Gasteiger partial charge in [0.15, 0.2) is 5.82 Å². The molecule has 2 heterocycles. The van der Waals surface area contributed by atoms with Crippen molar-refractivity contribution in [1.29, 1.82) is 0 Å². The number of urea groups is 1. The van der Waals surface area contributed by atoms with Gasteiger partial charge >= 0.3 is 6.03 Å². The zero-order valence-electron chi connectivity index (χ0n) is 14.6. The number of amides is 2. The maximum atomic E-state index is 12.1. The number of benzene rings is 1. The van der Waals surface area contributed by atoms with E-state index in [1.54, 1.807) is 0 Å². The Morgan fingerprint density at radius 2 is 2.12 bits per heavy atom. The number of piperidine rings is 1. The summed E-state index contributed by atoms with van der Waals surface area (Å²) in [5.74, 6) is 1.09. The van der Waals surface area contributed by atoms with Crippen LogP contribution in [0.1, 0.15) is 31.0 Å². The van der Waals surface area contributed by atoms with Crippen LogP contribution in [0.4, 0.5) is 10.5 Å². The Bertz CT molecular complexity index is 681. The Labute approximate surface area is 158 Å². The first-order valence-corrected chi connectivity index (χ1v) is 8.60. The number of halogens is 1. The number of aromatic nitrogens is 2. The Hall–Kier alpha value is -2.16. The largest absolute Gasteiger partial charge is 0.338 e. The number of hydrogen-bond acceptors (Lipinski definition) is 6. The number of para-hydroxylation sites is 1. The number of rotatable bonds is 6. The molecule has 0 bridgehead atoms. The molecule has 9 heteroatoms. The molecule has 8 nitrogen and oxygen atoms in total. The predicted molar refractivity (Wildman–Crippen MR) is 101 cm³/mol. The van der Waals surface area contributed by atoms with Crippen molar-refractivity contribution in [2.45, 2.75) is 38.4 Å². The smallest absolute Gasteiger partial charge is 0.319 e. The third kappa shape index (κ3) is 5.69. The lowest BCUT2D eigenvalue weighted by Gasteiger charge is -2.34. The lowest BCUT2D eigenvalue weighted by Crippen LogP contribution is -2.47. The van der Waals surface area contributed by atoms with Crippen LogP contribution in [0.2, 0.25) is 0 Å². The van der Waals surface area contributed by atoms with Gasteiger partial charge in [0.1, 0.15) is 0 Å². The SMILES string of the molecule is Cl.NCc1nc(CN2CCCCC2CNC(=O)Nc2ccccc2)no1. The molecule has 1 aromatic heterocycles. The highest BCUT2D eigenvalue weighted by atomic mass is 35.5. The molecule has 0 saturated carbocycles. The van der Waals surface area contributed by atoms with Gasteiger partial charge in [-0.2, -0.15) is 4.98 Å². The third-order valence-corrected chi connectivity index (χ3v) is 4.31. The summed E-state index contributed by atoms with van der Waals surface area (Å²) in [5.41, 5.74) is 6.28. The highest BCUT2D eigenvalue weighted by Crippen LogP contribution is 2.18. The van der Waals surface area contributed by atoms with E-state index in [4.69, 9.17) is 10.3 Å². The number of likely N-dealkylation sites (tertiary alicyclic amines) is 1. The van der Waals surface area contributed by atoms with Crippen molar-refractivity contribution in [1.82, 2.24) is 20.4 Å². The first kappa shape index (κ1) is 20.2. The molecule has 1 unspecified atom stereocenters. The summed E-state index contributed by atoms with van der Waals surface area (Å²) < 4.78 is 5.06. The van der Waals surface area contributed by atoms with Crippen LogP contribution in [0.15, 0.2) is 34.9 Å². The summed E-state index contributed by atoms with van der Waals surface area (Å²) in [4.78, 5) is 18.6. The Morgan fingerprint density at radius 1 is 1.31 bits per heavy atom. The van der Waals surface area contributed by atoms with Crippen molar-refractivity contribution >= 4 is 24.1 Å². The van der Waals surface area contributed by atoms with Crippen LogP contribution in [0.25, 0.3) is 0 Å². The number of carbonyl (C=O) groups is 1. The van der Waals surface area contributed by atoms with Crippen LogP contribution in [-0.2, 0) is 13.1 Å². The summed E-state index contributed by atoms with van der Waals surface area (Å²) in [6, 6.07) is 9.47. The van der Waals surface area contributed by atoms with E-state index in [2.05, 4.69) is 25.7 Å². The highest BCUT2D eigenvalue weighted by molar-refractivity contribution is 5.89. The Balaban J connectivity index is 0.00000243. The van der Waals surface area contributed by atoms with Gasteiger partial charge in [0.25, 0.3) is 0 Å². The van der Waals surface area contributed by atoms with Gasteiger partial charge in [0.2, 0.25) is 5.89 Å². The molecule has 0 aliphatic carbocycles. The molecular weight excluding hydrogens is 356 g/mol. The number of carbonyl (C=O) groups excluding carboxylic acids is 1. The molecular formula is C17H25ClN6O2. The van der Waals surface area contributed by atoms with Crippen LogP contribution in [0, 0.1) is 0 Å². The lowest BCUT2D eigenvalue weighted by atomic mass is 10.0. The van der Waals surface area contributed by atoms with E-state index < -0.39 is 0 Å². The number of nitrogens with one attached hydrogen (secondary N) is 2. The molecule has 0 radical (unpaired) electrons. The first-order chi connectivity index (χ1) is 12.2. The average molecular weight is 381 g/mol. The molecule has 26 heavy (non-hydrogen) atoms. The summed E-state index contributed by atoms with van der Waals surface area (Å²) in [6.07, 6.45) is 3.32. The number of hydrogen-bond donors (Lipinski definition) is 3. The monoisotopic (exact) mass is 380 g/mol. The minimum atomic E-state index is -0.193. The minimum absolute atomic E-state index is 0. The van der Waals surface area contributed by atoms with Crippen LogP contribution in [-0.4, -0.2) is 40.2 Å². The van der Waals surface area contributed by atoms with Gasteiger partial charge in [0, 0.05) is 18.3 Å². The van der Waals surface area contributed by atoms with Crippen molar-refractivity contribution in [2.24, 2.45) is 5.73 Å². The fourth-order valence-corrected chi connectivity index (χ4v) is 3.03. The maximum Gasteiger partial charge on any atom is 0.319 e. The van der Waals surface area contributed by atoms with Gasteiger partial charge in [-0.1, -0.05) is 29.8 Å². The van der Waals surface area contributed by atoms with Crippen molar-refractivity contribution in [3.8, 4) is 0 Å². The van der Waals surface area contributed by atoms with Gasteiger partial charge in [-0.05, 0) is 31.5 Å². The quantitative estimate of drug-likeness (QED) is 0.708. The Morgan fingerprint density at radius 3 is 2.85 bits per heavy atom. The molecule has 2 amide bonds. The highest BCUT2D eigenvalue weighted by Gasteiger charge is 2.24. The lowest BCUT2D eigenvalue weighted by molar-refractivity contribution is 0.134. The topological polar surface area (TPSA) is 109 Å². The maximum absolute atomic E-state index is 12.1. The van der Waals surface area contributed by atoms with Gasteiger partial charge in [0.05, 0.1) is 13.1 Å². The third-order valence-electron chi connectivity index (χ3n) is 4.31. The van der Waals surface area contributed by atoms with E-state index in [1.165, 1.54) is 0 Å². The standard InChI is InChI=1S/C17H24N6O2.ClH/c18-10-16-21-15(22-25-16)12-23-9-5-4-8-14(23)11-19-17(24)20-13-6-2-1-3-7-13;/h1-3,6-7,14H,4-5,8-12,18H2,(H2,19,20,24);1H. The fraction of sp³-hybridized carbons (Fsp3) is 0.471. The molecule has 1 aromatic carbocycles. The predicted octanol–water partition coefficient (Wildman–Crippen LogP) is 2.13. The van der Waals surface area contributed by atoms with Crippen molar-refractivity contribution in [3.05, 3.63) is 42.0 Å². The molecule has 1 saturated heterocycles. The van der Waals surface area contributed by atoms with Gasteiger partial charge in [-0.15, -0.1) is 12.4 Å². The molecule has 142 valence electrons. The van der Waals surface area contributed by atoms with Gasteiger partial charge in [-0.25, -0.2) is 4.79 Å². The number of anilines is 1. The average Bonchev–Trinajstić information content (AvgIpc) is 3.09. The molecule has 4 N–H and O–H groups in total. The van der Waals surface area contributed by atoms with E-state index >= 15 is 0 Å². The molecule has 2 aromatic rings. The minimum Gasteiger partial charge on any atom is -0.338 e. The summed E-state index contributed by atoms with van der Waals surface area (Å²) in [7, 11) is 0. The molecule has 1 fully saturated rings. The first-order valence-electron chi connectivity index (χ1n) is 8.60. The van der Waals surface area contributed by atoms with E-state index in [0.29, 0.717) is 24.8 Å². The molecule has 1 atom stereocenters. The zero-order chi connectivity index (χ0) is 17.5. The van der Waals surface area contributed by atoms with Crippen molar-refractivity contribution < 1.29 is 9.32 Å². The van der Waals surface area contributed by atoms with E-state index in [-0.39, 0.29) is 31.0 Å². The fourth-order valence-electron chi connectivity index (χ4n) is 3.03. The summed E-state index contributed by atoms with van der Waals surface area (Å²) >= 11 is 0. The van der Waals surface area contributed by atoms with Crippen LogP contribution < -0.4 is 16.4 Å². The zero-order valence-corrected chi connectivity index (χ0v) is 15.4. The molecule has 0 spiro atoms. The second-order valence-corrected chi connectivity index (χ2v) is 6.13. The number of nitrogens with zero attached hydrogens (tertiary/aromatic N) is 3. The Kier molecular flexibility index (Phi) is 7.83. The second kappa shape index (κ2) is 10.1. The van der Waals surface area contributed by atoms with Crippen LogP contribution >= 0.6 is 12.4 Å². The molecule has 1 aliphatic heterocycles. The summed E-state index contributed by atoms with van der Waals surface area (Å²) in [5, 5.41) is 9.75. The second-order valence-electron chi connectivity index (χ2n) is 6.13. The number of nitrogens with two attached hydrogens (primary N) is 1. The van der Waals surface area contributed by atoms with Crippen molar-refractivity contribution in [3.63, 3.8) is 0 Å². The molecule has 1 aliphatic rings. The van der Waals surface area contributed by atoms with Crippen molar-refractivity contribution in [2.75, 3.05) is 18.4 Å². The van der Waals surface area contributed by atoms with Gasteiger partial charge < -0.3 is 20.9 Å². The van der Waals surface area contributed by atoms with E-state index in [0.717, 1.165) is 31.5 Å². The van der Waals surface area contributed by atoms with Crippen LogP contribution in [0.3, 0.4) is 0 Å². The van der Waals surface area contributed by atoms with Crippen LogP contribution in [0.5, 0.6) is 0 Å². The van der Waals surface area contributed by atoms with E-state index in [1.807, 2.05) is 30.3 Å². The molecule has 3 rings (SSSR count). The van der Waals surface area contributed by atoms with E-state index in [9.17, 15) is 4.79 Å². The summed E-state index contributed by atoms with van der Waals surface area (Å²) in [6.45, 7) is 2.40. The van der Waals surface area contributed by atoms with Gasteiger partial charge in [-0.3, -0.25) is 4.90 Å². The normalized spacial score (nSPS) is 17.3.